The fourth-order valence-corrected chi connectivity index (χ4v) is 3.43. The second-order valence-electron chi connectivity index (χ2n) is 5.82. The molecule has 1 aliphatic rings. The lowest BCUT2D eigenvalue weighted by atomic mass is 9.68. The van der Waals surface area contributed by atoms with Crippen molar-refractivity contribution in [2.24, 2.45) is 5.92 Å². The summed E-state index contributed by atoms with van der Waals surface area (Å²) in [4.78, 5) is 15.1. The summed E-state index contributed by atoms with van der Waals surface area (Å²) >= 11 is 0. The number of nitrogens with zero attached hydrogens (tertiary/aromatic N) is 1. The van der Waals surface area contributed by atoms with Gasteiger partial charge in [-0.3, -0.25) is 4.79 Å². The Kier molecular flexibility index (Phi) is 6.69. The molecule has 0 N–H and O–H groups in total. The Labute approximate surface area is 134 Å². The summed E-state index contributed by atoms with van der Waals surface area (Å²) in [5.74, 6) is 0.186. The number of esters is 1. The monoisotopic (exact) mass is 311 g/mol. The molecule has 0 spiro atoms. The van der Waals surface area contributed by atoms with Gasteiger partial charge in [-0.05, 0) is 44.8 Å². The van der Waals surface area contributed by atoms with E-state index < -0.39 is 5.41 Å². The van der Waals surface area contributed by atoms with Crippen LogP contribution in [0.2, 0.25) is 0 Å². The summed E-state index contributed by atoms with van der Waals surface area (Å²) < 4.78 is 5.44. The van der Waals surface area contributed by atoms with Crippen LogP contribution in [0.1, 0.15) is 32.3 Å². The molecule has 1 aromatic rings. The molecular formula is C17H26ClNO2. The van der Waals surface area contributed by atoms with Crippen molar-refractivity contribution >= 4 is 18.4 Å². The van der Waals surface area contributed by atoms with Crippen LogP contribution in [-0.4, -0.2) is 37.6 Å². The predicted octanol–water partition coefficient (Wildman–Crippen LogP) is 3.27. The van der Waals surface area contributed by atoms with Gasteiger partial charge in [-0.25, -0.2) is 0 Å². The highest BCUT2D eigenvalue weighted by Crippen LogP contribution is 2.40. The second kappa shape index (κ2) is 7.81. The molecule has 1 saturated heterocycles. The smallest absolute Gasteiger partial charge is 0.316 e. The molecule has 2 rings (SSSR count). The fourth-order valence-electron chi connectivity index (χ4n) is 3.43. The average Bonchev–Trinajstić information content (AvgIpc) is 2.59. The van der Waals surface area contributed by atoms with Gasteiger partial charge in [0.25, 0.3) is 0 Å². The molecule has 21 heavy (non-hydrogen) atoms. The quantitative estimate of drug-likeness (QED) is 0.802. The standard InChI is InChI=1S/C17H25NO2.ClH/c1-4-20-16(19)17(15-9-6-5-7-10-15)11-8-12-18(3)13-14(17)2;/h5-7,9-10,14H,4,8,11-13H2,1-3H3;1H. The lowest BCUT2D eigenvalue weighted by molar-refractivity contribution is -0.152. The molecule has 2 atom stereocenters. The van der Waals surface area contributed by atoms with Crippen molar-refractivity contribution < 1.29 is 9.53 Å². The molecule has 0 aromatic heterocycles. The lowest BCUT2D eigenvalue weighted by Crippen LogP contribution is -2.45. The summed E-state index contributed by atoms with van der Waals surface area (Å²) in [5.41, 5.74) is 0.600. The van der Waals surface area contributed by atoms with E-state index in [1.54, 1.807) is 0 Å². The van der Waals surface area contributed by atoms with E-state index in [9.17, 15) is 4.79 Å². The number of likely N-dealkylation sites (tertiary alicyclic amines) is 1. The zero-order valence-corrected chi connectivity index (χ0v) is 14.0. The van der Waals surface area contributed by atoms with Crippen LogP contribution in [0.25, 0.3) is 0 Å². The molecular weight excluding hydrogens is 286 g/mol. The molecule has 2 unspecified atom stereocenters. The Morgan fingerprint density at radius 3 is 2.67 bits per heavy atom. The van der Waals surface area contributed by atoms with E-state index in [4.69, 9.17) is 4.74 Å². The molecule has 1 aliphatic heterocycles. The second-order valence-corrected chi connectivity index (χ2v) is 5.82. The Hall–Kier alpha value is -1.06. The zero-order valence-electron chi connectivity index (χ0n) is 13.2. The van der Waals surface area contributed by atoms with Crippen LogP contribution in [0, 0.1) is 5.92 Å². The highest BCUT2D eigenvalue weighted by atomic mass is 35.5. The van der Waals surface area contributed by atoms with E-state index in [0.717, 1.165) is 31.5 Å². The number of carbonyl (C=O) groups is 1. The van der Waals surface area contributed by atoms with Crippen molar-refractivity contribution in [2.75, 3.05) is 26.7 Å². The number of rotatable bonds is 3. The molecule has 118 valence electrons. The summed E-state index contributed by atoms with van der Waals surface area (Å²) in [5, 5.41) is 0. The fraction of sp³-hybridized carbons (Fsp3) is 0.588. The number of hydrogen-bond acceptors (Lipinski definition) is 3. The molecule has 0 saturated carbocycles. The summed E-state index contributed by atoms with van der Waals surface area (Å²) in [6, 6.07) is 10.2. The lowest BCUT2D eigenvalue weighted by Gasteiger charge is -2.36. The minimum Gasteiger partial charge on any atom is -0.465 e. The normalized spacial score (nSPS) is 26.5. The number of hydrogen-bond donors (Lipinski definition) is 0. The van der Waals surface area contributed by atoms with Crippen LogP contribution in [0.5, 0.6) is 0 Å². The van der Waals surface area contributed by atoms with Gasteiger partial charge in [0.2, 0.25) is 0 Å². The van der Waals surface area contributed by atoms with Crippen molar-refractivity contribution in [2.45, 2.75) is 32.1 Å². The third-order valence-corrected chi connectivity index (χ3v) is 4.47. The van der Waals surface area contributed by atoms with Crippen molar-refractivity contribution in [3.8, 4) is 0 Å². The van der Waals surface area contributed by atoms with E-state index in [2.05, 4.69) is 31.0 Å². The average molecular weight is 312 g/mol. The van der Waals surface area contributed by atoms with Crippen molar-refractivity contribution in [1.29, 1.82) is 0 Å². The first-order valence-corrected chi connectivity index (χ1v) is 7.52. The number of benzene rings is 1. The summed E-state index contributed by atoms with van der Waals surface area (Å²) in [6.07, 6.45) is 1.88. The topological polar surface area (TPSA) is 29.5 Å². The van der Waals surface area contributed by atoms with Gasteiger partial charge in [0, 0.05) is 6.54 Å². The maximum absolute atomic E-state index is 12.7. The van der Waals surface area contributed by atoms with Crippen molar-refractivity contribution in [3.05, 3.63) is 35.9 Å². The van der Waals surface area contributed by atoms with Gasteiger partial charge in [0.1, 0.15) is 0 Å². The van der Waals surface area contributed by atoms with Gasteiger partial charge in [-0.15, -0.1) is 12.4 Å². The van der Waals surface area contributed by atoms with Gasteiger partial charge in [-0.2, -0.15) is 0 Å². The Bertz CT molecular complexity index is 451. The van der Waals surface area contributed by atoms with E-state index in [1.165, 1.54) is 0 Å². The van der Waals surface area contributed by atoms with Crippen LogP contribution < -0.4 is 0 Å². The van der Waals surface area contributed by atoms with E-state index in [1.807, 2.05) is 25.1 Å². The van der Waals surface area contributed by atoms with E-state index >= 15 is 0 Å². The molecule has 1 heterocycles. The van der Waals surface area contributed by atoms with Gasteiger partial charge < -0.3 is 9.64 Å². The van der Waals surface area contributed by atoms with E-state index in [-0.39, 0.29) is 24.3 Å². The molecule has 4 heteroatoms. The van der Waals surface area contributed by atoms with Crippen LogP contribution in [0.4, 0.5) is 0 Å². The van der Waals surface area contributed by atoms with E-state index in [0.29, 0.717) is 6.61 Å². The number of ether oxygens (including phenoxy) is 1. The molecule has 0 radical (unpaired) electrons. The van der Waals surface area contributed by atoms with Crippen LogP contribution in [0.15, 0.2) is 30.3 Å². The van der Waals surface area contributed by atoms with Crippen LogP contribution in [-0.2, 0) is 14.9 Å². The van der Waals surface area contributed by atoms with Crippen LogP contribution in [0.3, 0.4) is 0 Å². The minimum atomic E-state index is -0.498. The maximum atomic E-state index is 12.7. The molecule has 0 aliphatic carbocycles. The van der Waals surface area contributed by atoms with Gasteiger partial charge in [0.15, 0.2) is 0 Å². The predicted molar refractivity (Wildman–Crippen MR) is 87.9 cm³/mol. The first kappa shape index (κ1) is 18.0. The molecule has 0 bridgehead atoms. The third kappa shape index (κ3) is 3.58. The Morgan fingerprint density at radius 2 is 2.05 bits per heavy atom. The number of halogens is 1. The minimum absolute atomic E-state index is 0. The van der Waals surface area contributed by atoms with Crippen molar-refractivity contribution in [1.82, 2.24) is 4.90 Å². The Morgan fingerprint density at radius 1 is 1.38 bits per heavy atom. The summed E-state index contributed by atoms with van der Waals surface area (Å²) in [6.45, 7) is 6.46. The molecule has 3 nitrogen and oxygen atoms in total. The highest BCUT2D eigenvalue weighted by molar-refractivity contribution is 5.85. The largest absolute Gasteiger partial charge is 0.465 e. The molecule has 0 amide bonds. The van der Waals surface area contributed by atoms with Gasteiger partial charge >= 0.3 is 5.97 Å². The first-order chi connectivity index (χ1) is 9.61. The third-order valence-electron chi connectivity index (χ3n) is 4.47. The van der Waals surface area contributed by atoms with Crippen molar-refractivity contribution in [3.63, 3.8) is 0 Å². The van der Waals surface area contributed by atoms with Crippen LogP contribution >= 0.6 is 12.4 Å². The van der Waals surface area contributed by atoms with Gasteiger partial charge in [0.05, 0.1) is 12.0 Å². The SMILES string of the molecule is CCOC(=O)C1(c2ccccc2)CCCN(C)CC1C.Cl. The van der Waals surface area contributed by atoms with Gasteiger partial charge in [-0.1, -0.05) is 37.3 Å². The molecule has 1 fully saturated rings. The zero-order chi connectivity index (χ0) is 14.6. The highest BCUT2D eigenvalue weighted by Gasteiger charge is 2.47. The first-order valence-electron chi connectivity index (χ1n) is 7.52. The Balaban J connectivity index is 0.00000220. The maximum Gasteiger partial charge on any atom is 0.316 e. The number of carbonyl (C=O) groups excluding carboxylic acids is 1. The summed E-state index contributed by atoms with van der Waals surface area (Å²) in [7, 11) is 2.13. The molecule has 1 aromatic carbocycles.